The number of ether oxygens (including phenoxy) is 1. The zero-order chi connectivity index (χ0) is 14.9. The first-order valence-electron chi connectivity index (χ1n) is 5.33. The molecule has 0 spiro atoms. The van der Waals surface area contributed by atoms with Crippen LogP contribution in [0.3, 0.4) is 0 Å². The molecule has 0 aliphatic carbocycles. The Balaban J connectivity index is 2.60. The maximum atomic E-state index is 11.5. The Morgan fingerprint density at radius 1 is 1.40 bits per heavy atom. The van der Waals surface area contributed by atoms with Crippen molar-refractivity contribution in [2.45, 2.75) is 0 Å². The number of methoxy groups -OCH3 is 1. The van der Waals surface area contributed by atoms with E-state index in [-0.39, 0.29) is 27.8 Å². The largest absolute Gasteiger partial charge is 0.463 e. The Morgan fingerprint density at radius 3 is 2.70 bits per heavy atom. The third-order valence-electron chi connectivity index (χ3n) is 2.44. The number of hydrogen-bond donors (Lipinski definition) is 2. The smallest absolute Gasteiger partial charge is 0.377 e. The number of carbonyl (C=O) groups is 2. The second-order valence-corrected chi connectivity index (χ2v) is 4.17. The van der Waals surface area contributed by atoms with Gasteiger partial charge in [0.25, 0.3) is 11.7 Å². The number of esters is 1. The van der Waals surface area contributed by atoms with Gasteiger partial charge >= 0.3 is 5.97 Å². The summed E-state index contributed by atoms with van der Waals surface area (Å²) in [7, 11) is 1.20. The fourth-order valence-corrected chi connectivity index (χ4v) is 1.91. The predicted octanol–water partition coefficient (Wildman–Crippen LogP) is 0.388. The van der Waals surface area contributed by atoms with Crippen molar-refractivity contribution in [2.75, 3.05) is 12.8 Å². The molecule has 2 rings (SSSR count). The van der Waals surface area contributed by atoms with Crippen LogP contribution in [0, 0.1) is 0 Å². The monoisotopic (exact) mass is 295 g/mol. The molecule has 0 atom stereocenters. The number of amides is 1. The lowest BCUT2D eigenvalue weighted by Crippen LogP contribution is -2.16. The molecule has 20 heavy (non-hydrogen) atoms. The number of hydrogen-bond acceptors (Lipinski definition) is 6. The summed E-state index contributed by atoms with van der Waals surface area (Å²) in [6, 6.07) is 2.80. The molecule has 0 radical (unpaired) electrons. The van der Waals surface area contributed by atoms with Crippen molar-refractivity contribution >= 4 is 29.2 Å². The quantitative estimate of drug-likeness (QED) is 0.623. The number of anilines is 1. The highest BCUT2D eigenvalue weighted by Crippen LogP contribution is 2.27. The van der Waals surface area contributed by atoms with E-state index in [1.54, 1.807) is 0 Å². The number of nitrogens with two attached hydrogens (primary N) is 2. The Hall–Kier alpha value is -2.61. The van der Waals surface area contributed by atoms with E-state index >= 15 is 0 Å². The standard InChI is InChI=1S/C11H10ClN5O3/c1-20-11(19)10-15-4-17(16-10)8-6(9(14)18)2-5(13)3-7(8)12/h2-4H,13H2,1H3,(H2,14,18). The van der Waals surface area contributed by atoms with E-state index in [0.29, 0.717) is 0 Å². The minimum atomic E-state index is -0.732. The van der Waals surface area contributed by atoms with Gasteiger partial charge in [0.15, 0.2) is 0 Å². The molecule has 0 unspecified atom stereocenters. The first-order valence-corrected chi connectivity index (χ1v) is 5.71. The number of aromatic nitrogens is 3. The van der Waals surface area contributed by atoms with Crippen molar-refractivity contribution in [3.8, 4) is 5.69 Å². The van der Waals surface area contributed by atoms with Crippen LogP contribution in [0.5, 0.6) is 0 Å². The number of nitrogen functional groups attached to an aromatic ring is 1. The lowest BCUT2D eigenvalue weighted by Gasteiger charge is -2.09. The van der Waals surface area contributed by atoms with Gasteiger partial charge in [0.05, 0.1) is 23.4 Å². The summed E-state index contributed by atoms with van der Waals surface area (Å²) in [5.41, 5.74) is 11.4. The maximum absolute atomic E-state index is 11.5. The van der Waals surface area contributed by atoms with Crippen LogP contribution in [0.2, 0.25) is 5.02 Å². The molecule has 0 bridgehead atoms. The number of benzene rings is 1. The fraction of sp³-hybridized carbons (Fsp3) is 0.0909. The Bertz CT molecular complexity index is 697. The van der Waals surface area contributed by atoms with E-state index < -0.39 is 11.9 Å². The molecule has 9 heteroatoms. The lowest BCUT2D eigenvalue weighted by atomic mass is 10.1. The zero-order valence-electron chi connectivity index (χ0n) is 10.3. The molecule has 8 nitrogen and oxygen atoms in total. The molecule has 1 aromatic carbocycles. The summed E-state index contributed by atoms with van der Waals surface area (Å²) >= 11 is 6.04. The average Bonchev–Trinajstić information content (AvgIpc) is 2.86. The van der Waals surface area contributed by atoms with Crippen LogP contribution < -0.4 is 11.5 Å². The number of primary amides is 1. The van der Waals surface area contributed by atoms with Gasteiger partial charge in [-0.25, -0.2) is 14.5 Å². The molecule has 2 aromatic rings. The van der Waals surface area contributed by atoms with E-state index in [0.717, 1.165) is 4.68 Å². The van der Waals surface area contributed by atoms with E-state index in [2.05, 4.69) is 14.8 Å². The first kappa shape index (κ1) is 13.8. The summed E-state index contributed by atoms with van der Waals surface area (Å²) in [6.45, 7) is 0. The molecular formula is C11H10ClN5O3. The van der Waals surface area contributed by atoms with Gasteiger partial charge in [-0.3, -0.25) is 4.79 Å². The van der Waals surface area contributed by atoms with Gasteiger partial charge < -0.3 is 16.2 Å². The van der Waals surface area contributed by atoms with Crippen LogP contribution in [0.4, 0.5) is 5.69 Å². The summed E-state index contributed by atoms with van der Waals surface area (Å²) in [5.74, 6) is -1.61. The molecule has 104 valence electrons. The molecule has 0 aliphatic heterocycles. The van der Waals surface area contributed by atoms with Crippen LogP contribution in [-0.2, 0) is 4.74 Å². The van der Waals surface area contributed by atoms with Crippen molar-refractivity contribution in [1.82, 2.24) is 14.8 Å². The van der Waals surface area contributed by atoms with E-state index in [1.165, 1.54) is 25.6 Å². The molecule has 0 saturated carbocycles. The van der Waals surface area contributed by atoms with Crippen LogP contribution in [-0.4, -0.2) is 33.8 Å². The molecular weight excluding hydrogens is 286 g/mol. The van der Waals surface area contributed by atoms with Crippen LogP contribution in [0.1, 0.15) is 21.0 Å². The highest BCUT2D eigenvalue weighted by molar-refractivity contribution is 6.33. The third kappa shape index (κ3) is 2.41. The zero-order valence-corrected chi connectivity index (χ0v) is 11.1. The van der Waals surface area contributed by atoms with Gasteiger partial charge in [-0.05, 0) is 12.1 Å². The number of nitrogens with zero attached hydrogens (tertiary/aromatic N) is 3. The van der Waals surface area contributed by atoms with Gasteiger partial charge in [0.2, 0.25) is 0 Å². The molecule has 4 N–H and O–H groups in total. The second kappa shape index (κ2) is 5.17. The van der Waals surface area contributed by atoms with E-state index in [1.807, 2.05) is 0 Å². The van der Waals surface area contributed by atoms with E-state index in [4.69, 9.17) is 23.1 Å². The van der Waals surface area contributed by atoms with Crippen molar-refractivity contribution in [3.63, 3.8) is 0 Å². The summed E-state index contributed by atoms with van der Waals surface area (Å²) in [5, 5.41) is 4.04. The van der Waals surface area contributed by atoms with Crippen molar-refractivity contribution in [2.24, 2.45) is 5.73 Å². The van der Waals surface area contributed by atoms with Gasteiger partial charge in [-0.15, -0.1) is 5.10 Å². The fourth-order valence-electron chi connectivity index (χ4n) is 1.60. The Kier molecular flexibility index (Phi) is 3.57. The maximum Gasteiger partial charge on any atom is 0.377 e. The van der Waals surface area contributed by atoms with Gasteiger partial charge in [-0.1, -0.05) is 11.6 Å². The molecule has 1 amide bonds. The second-order valence-electron chi connectivity index (χ2n) is 3.77. The van der Waals surface area contributed by atoms with Gasteiger partial charge in [-0.2, -0.15) is 0 Å². The summed E-state index contributed by atoms with van der Waals surface area (Å²) in [4.78, 5) is 26.5. The van der Waals surface area contributed by atoms with Crippen molar-refractivity contribution in [1.29, 1.82) is 0 Å². The highest BCUT2D eigenvalue weighted by Gasteiger charge is 2.19. The first-order chi connectivity index (χ1) is 9.43. The summed E-state index contributed by atoms with van der Waals surface area (Å²) in [6.07, 6.45) is 1.22. The van der Waals surface area contributed by atoms with Gasteiger partial charge in [0, 0.05) is 5.69 Å². The highest BCUT2D eigenvalue weighted by atomic mass is 35.5. The lowest BCUT2D eigenvalue weighted by molar-refractivity contribution is 0.0587. The molecule has 1 heterocycles. The van der Waals surface area contributed by atoms with Crippen LogP contribution >= 0.6 is 11.6 Å². The molecule has 1 aromatic heterocycles. The number of rotatable bonds is 3. The Labute approximate surface area is 118 Å². The number of halogens is 1. The van der Waals surface area contributed by atoms with Crippen molar-refractivity contribution in [3.05, 3.63) is 34.9 Å². The summed E-state index contributed by atoms with van der Waals surface area (Å²) < 4.78 is 5.65. The predicted molar refractivity (Wildman–Crippen MR) is 70.6 cm³/mol. The van der Waals surface area contributed by atoms with Crippen molar-refractivity contribution < 1.29 is 14.3 Å². The minimum absolute atomic E-state index is 0.0660. The van der Waals surface area contributed by atoms with Crippen LogP contribution in [0.25, 0.3) is 5.69 Å². The number of carbonyl (C=O) groups excluding carboxylic acids is 2. The molecule has 0 saturated heterocycles. The topological polar surface area (TPSA) is 126 Å². The minimum Gasteiger partial charge on any atom is -0.463 e. The molecule has 0 fully saturated rings. The third-order valence-corrected chi connectivity index (χ3v) is 2.73. The average molecular weight is 296 g/mol. The Morgan fingerprint density at radius 2 is 2.10 bits per heavy atom. The van der Waals surface area contributed by atoms with E-state index in [9.17, 15) is 9.59 Å². The SMILES string of the molecule is COC(=O)c1ncn(-c2c(Cl)cc(N)cc2C(N)=O)n1. The normalized spacial score (nSPS) is 10.3. The van der Waals surface area contributed by atoms with Crippen LogP contribution in [0.15, 0.2) is 18.5 Å². The molecule has 0 aliphatic rings. The van der Waals surface area contributed by atoms with Gasteiger partial charge in [0.1, 0.15) is 6.33 Å².